The standard InChI is InChI=1S/C20H29N3O3.HI/c1-21-20(22-10-5-11-25-17-8-12-24-13-9-17)23(2)15-18-14-16-6-3-4-7-19(16)26-18;/h3-4,6-7,14,17H,5,8-13,15H2,1-2H3,(H,21,22);1H. The minimum atomic E-state index is 0. The van der Waals surface area contributed by atoms with Gasteiger partial charge in [-0.3, -0.25) is 4.99 Å². The summed E-state index contributed by atoms with van der Waals surface area (Å²) in [7, 11) is 3.82. The fraction of sp³-hybridized carbons (Fsp3) is 0.550. The van der Waals surface area contributed by atoms with Crippen molar-refractivity contribution in [2.75, 3.05) is 40.5 Å². The zero-order valence-corrected chi connectivity index (χ0v) is 18.5. The SMILES string of the molecule is CN=C(NCCCOC1CCOCC1)N(C)Cc1cc2ccccc2o1.I. The highest BCUT2D eigenvalue weighted by molar-refractivity contribution is 14.0. The summed E-state index contributed by atoms with van der Waals surface area (Å²) in [6, 6.07) is 10.1. The summed E-state index contributed by atoms with van der Waals surface area (Å²) in [5.74, 6) is 1.79. The third-order valence-electron chi connectivity index (χ3n) is 4.57. The monoisotopic (exact) mass is 487 g/mol. The second-order valence-electron chi connectivity index (χ2n) is 6.62. The second kappa shape index (κ2) is 11.5. The van der Waals surface area contributed by atoms with E-state index >= 15 is 0 Å². The highest BCUT2D eigenvalue weighted by Gasteiger charge is 2.14. The van der Waals surface area contributed by atoms with Gasteiger partial charge in [0.2, 0.25) is 0 Å². The minimum Gasteiger partial charge on any atom is -0.459 e. The lowest BCUT2D eigenvalue weighted by Crippen LogP contribution is -2.39. The summed E-state index contributed by atoms with van der Waals surface area (Å²) < 4.78 is 17.1. The van der Waals surface area contributed by atoms with Crippen molar-refractivity contribution in [1.29, 1.82) is 0 Å². The minimum absolute atomic E-state index is 0. The summed E-state index contributed by atoms with van der Waals surface area (Å²) in [6.45, 7) is 3.92. The van der Waals surface area contributed by atoms with Crippen LogP contribution >= 0.6 is 24.0 Å². The summed E-state index contributed by atoms with van der Waals surface area (Å²) in [6.07, 6.45) is 3.33. The van der Waals surface area contributed by atoms with Crippen molar-refractivity contribution in [3.63, 3.8) is 0 Å². The molecule has 3 rings (SSSR count). The molecule has 1 N–H and O–H groups in total. The topological polar surface area (TPSA) is 59.2 Å². The van der Waals surface area contributed by atoms with E-state index in [2.05, 4.69) is 27.3 Å². The molecular weight excluding hydrogens is 457 g/mol. The number of benzene rings is 1. The predicted molar refractivity (Wildman–Crippen MR) is 119 cm³/mol. The average Bonchev–Trinajstić information content (AvgIpc) is 3.07. The molecule has 1 saturated heterocycles. The van der Waals surface area contributed by atoms with Crippen LogP contribution in [-0.2, 0) is 16.0 Å². The number of aliphatic imine (C=N–C) groups is 1. The Hall–Kier alpha value is -1.32. The Kier molecular flexibility index (Phi) is 9.36. The molecule has 0 saturated carbocycles. The number of rotatable bonds is 7. The zero-order chi connectivity index (χ0) is 18.2. The Morgan fingerprint density at radius 2 is 2.07 bits per heavy atom. The molecule has 1 aromatic carbocycles. The van der Waals surface area contributed by atoms with E-state index in [-0.39, 0.29) is 24.0 Å². The maximum absolute atomic E-state index is 5.90. The third-order valence-corrected chi connectivity index (χ3v) is 4.57. The van der Waals surface area contributed by atoms with Crippen molar-refractivity contribution in [2.24, 2.45) is 4.99 Å². The van der Waals surface area contributed by atoms with Gasteiger partial charge in [-0.05, 0) is 31.4 Å². The van der Waals surface area contributed by atoms with Gasteiger partial charge in [0.15, 0.2) is 5.96 Å². The van der Waals surface area contributed by atoms with E-state index in [1.165, 1.54) is 0 Å². The molecule has 0 bridgehead atoms. The summed E-state index contributed by atoms with van der Waals surface area (Å²) in [4.78, 5) is 6.42. The van der Waals surface area contributed by atoms with E-state index in [1.54, 1.807) is 7.05 Å². The van der Waals surface area contributed by atoms with Gasteiger partial charge in [0.1, 0.15) is 11.3 Å². The number of halogens is 1. The van der Waals surface area contributed by atoms with Crippen LogP contribution in [0.3, 0.4) is 0 Å². The number of guanidine groups is 1. The van der Waals surface area contributed by atoms with Crippen LogP contribution in [0.4, 0.5) is 0 Å². The van der Waals surface area contributed by atoms with Crippen LogP contribution in [0.2, 0.25) is 0 Å². The molecule has 150 valence electrons. The smallest absolute Gasteiger partial charge is 0.193 e. The third kappa shape index (κ3) is 6.65. The largest absolute Gasteiger partial charge is 0.459 e. The molecule has 0 amide bonds. The summed E-state index contributed by atoms with van der Waals surface area (Å²) in [5.41, 5.74) is 0.920. The van der Waals surface area contributed by atoms with Gasteiger partial charge in [-0.1, -0.05) is 18.2 Å². The molecule has 1 aliphatic heterocycles. The Morgan fingerprint density at radius 1 is 1.30 bits per heavy atom. The van der Waals surface area contributed by atoms with E-state index in [0.717, 1.165) is 68.3 Å². The first kappa shape index (κ1) is 22.0. The molecule has 0 radical (unpaired) electrons. The first-order valence-corrected chi connectivity index (χ1v) is 9.35. The highest BCUT2D eigenvalue weighted by Crippen LogP contribution is 2.19. The van der Waals surface area contributed by atoms with Gasteiger partial charge < -0.3 is 24.1 Å². The number of ether oxygens (including phenoxy) is 2. The van der Waals surface area contributed by atoms with Gasteiger partial charge in [-0.25, -0.2) is 0 Å². The Balaban J connectivity index is 0.00000261. The van der Waals surface area contributed by atoms with Crippen LogP contribution in [-0.4, -0.2) is 57.4 Å². The quantitative estimate of drug-likeness (QED) is 0.280. The van der Waals surface area contributed by atoms with Gasteiger partial charge in [-0.2, -0.15) is 0 Å². The number of furan rings is 1. The molecule has 1 aliphatic rings. The van der Waals surface area contributed by atoms with Gasteiger partial charge in [0, 0.05) is 45.8 Å². The maximum atomic E-state index is 5.90. The molecule has 0 atom stereocenters. The number of hydrogen-bond acceptors (Lipinski definition) is 4. The molecule has 6 nitrogen and oxygen atoms in total. The van der Waals surface area contributed by atoms with Crippen molar-refractivity contribution in [1.82, 2.24) is 10.2 Å². The van der Waals surface area contributed by atoms with Gasteiger partial charge in [-0.15, -0.1) is 24.0 Å². The molecule has 2 heterocycles. The average molecular weight is 487 g/mol. The van der Waals surface area contributed by atoms with E-state index in [4.69, 9.17) is 13.9 Å². The second-order valence-corrected chi connectivity index (χ2v) is 6.62. The van der Waals surface area contributed by atoms with Gasteiger partial charge in [0.25, 0.3) is 0 Å². The van der Waals surface area contributed by atoms with Crippen LogP contribution in [0.5, 0.6) is 0 Å². The van der Waals surface area contributed by atoms with Crippen molar-refractivity contribution in [2.45, 2.75) is 31.9 Å². The zero-order valence-electron chi connectivity index (χ0n) is 16.1. The number of nitrogens with one attached hydrogen (secondary N) is 1. The van der Waals surface area contributed by atoms with E-state index < -0.39 is 0 Å². The number of para-hydroxylation sites is 1. The molecule has 1 aromatic heterocycles. The molecule has 1 fully saturated rings. The molecule has 0 spiro atoms. The highest BCUT2D eigenvalue weighted by atomic mass is 127. The number of nitrogens with zero attached hydrogens (tertiary/aromatic N) is 2. The Bertz CT molecular complexity index is 680. The van der Waals surface area contributed by atoms with Crippen molar-refractivity contribution < 1.29 is 13.9 Å². The van der Waals surface area contributed by atoms with E-state index in [9.17, 15) is 0 Å². The Morgan fingerprint density at radius 3 is 2.81 bits per heavy atom. The summed E-state index contributed by atoms with van der Waals surface area (Å²) in [5, 5.41) is 4.52. The predicted octanol–water partition coefficient (Wildman–Crippen LogP) is 3.64. The van der Waals surface area contributed by atoms with Crippen molar-refractivity contribution in [3.8, 4) is 0 Å². The van der Waals surface area contributed by atoms with E-state index in [1.807, 2.05) is 25.2 Å². The molecule has 27 heavy (non-hydrogen) atoms. The molecular formula is C20H30IN3O3. The lowest BCUT2D eigenvalue weighted by Gasteiger charge is -2.23. The molecule has 0 aliphatic carbocycles. The van der Waals surface area contributed by atoms with Gasteiger partial charge >= 0.3 is 0 Å². The van der Waals surface area contributed by atoms with Crippen LogP contribution in [0.15, 0.2) is 39.7 Å². The first-order valence-electron chi connectivity index (χ1n) is 9.35. The van der Waals surface area contributed by atoms with Crippen LogP contribution in [0.25, 0.3) is 11.0 Å². The fourth-order valence-corrected chi connectivity index (χ4v) is 3.17. The van der Waals surface area contributed by atoms with E-state index in [0.29, 0.717) is 12.6 Å². The maximum Gasteiger partial charge on any atom is 0.193 e. The molecule has 0 unspecified atom stereocenters. The lowest BCUT2D eigenvalue weighted by atomic mass is 10.1. The number of hydrogen-bond donors (Lipinski definition) is 1. The van der Waals surface area contributed by atoms with Gasteiger partial charge in [0.05, 0.1) is 12.6 Å². The molecule has 2 aromatic rings. The normalized spacial score (nSPS) is 15.6. The number of fused-ring (bicyclic) bond motifs is 1. The van der Waals surface area contributed by atoms with Crippen molar-refractivity contribution >= 4 is 40.9 Å². The first-order chi connectivity index (χ1) is 12.8. The molecule has 7 heteroatoms. The van der Waals surface area contributed by atoms with Crippen LogP contribution in [0, 0.1) is 0 Å². The fourth-order valence-electron chi connectivity index (χ4n) is 3.17. The van der Waals surface area contributed by atoms with Crippen LogP contribution < -0.4 is 5.32 Å². The lowest BCUT2D eigenvalue weighted by molar-refractivity contribution is -0.0320. The Labute approximate surface area is 178 Å². The van der Waals surface area contributed by atoms with Crippen molar-refractivity contribution in [3.05, 3.63) is 36.1 Å². The van der Waals surface area contributed by atoms with Crippen LogP contribution in [0.1, 0.15) is 25.0 Å². The summed E-state index contributed by atoms with van der Waals surface area (Å²) >= 11 is 0.